The van der Waals surface area contributed by atoms with E-state index in [4.69, 9.17) is 0 Å². The quantitative estimate of drug-likeness (QED) is 0.486. The maximum atomic E-state index is 2.47. The molecule has 0 nitrogen and oxygen atoms in total. The predicted molar refractivity (Wildman–Crippen MR) is 34.7 cm³/mol. The Morgan fingerprint density at radius 1 is 1.25 bits per heavy atom. The van der Waals surface area contributed by atoms with E-state index in [0.717, 1.165) is 11.3 Å². The molecule has 46 valence electrons. The van der Waals surface area contributed by atoms with Gasteiger partial charge in [0.05, 0.1) is 0 Å². The van der Waals surface area contributed by atoms with Crippen molar-refractivity contribution in [2.45, 2.75) is 39.0 Å². The summed E-state index contributed by atoms with van der Waals surface area (Å²) in [5.41, 5.74) is 0.833. The zero-order chi connectivity index (χ0) is 5.61. The van der Waals surface area contributed by atoms with Crippen molar-refractivity contribution >= 4 is 0 Å². The first-order valence-corrected chi connectivity index (χ1v) is 3.81. The predicted octanol–water partition coefficient (Wildman–Crippen LogP) is 2.59. The standard InChI is InChI=1S/C8H14/c1-8(5-2-6-8)7-3-4-7/h7H,2-6H2,1H3. The second-order valence-electron chi connectivity index (χ2n) is 3.78. The lowest BCUT2D eigenvalue weighted by atomic mass is 9.67. The Hall–Kier alpha value is 0. The van der Waals surface area contributed by atoms with Gasteiger partial charge in [-0.2, -0.15) is 0 Å². The van der Waals surface area contributed by atoms with Crippen LogP contribution in [-0.2, 0) is 0 Å². The fourth-order valence-corrected chi connectivity index (χ4v) is 1.92. The first-order valence-electron chi connectivity index (χ1n) is 3.81. The van der Waals surface area contributed by atoms with E-state index in [1.807, 2.05) is 0 Å². The van der Waals surface area contributed by atoms with Crippen LogP contribution >= 0.6 is 0 Å². The molecule has 0 unspecified atom stereocenters. The summed E-state index contributed by atoms with van der Waals surface area (Å²) >= 11 is 0. The fraction of sp³-hybridized carbons (Fsp3) is 1.00. The molecule has 0 aromatic rings. The van der Waals surface area contributed by atoms with Crippen LogP contribution in [0.3, 0.4) is 0 Å². The third kappa shape index (κ3) is 0.519. The molecule has 2 aliphatic carbocycles. The summed E-state index contributed by atoms with van der Waals surface area (Å²) in [6.07, 6.45) is 7.63. The largest absolute Gasteiger partial charge is 0.0594 e. The molecule has 0 aliphatic heterocycles. The smallest absolute Gasteiger partial charge is 0.0298 e. The van der Waals surface area contributed by atoms with Crippen LogP contribution in [0, 0.1) is 11.3 Å². The SMILES string of the molecule is CC1(C2CC2)CCC1. The molecule has 0 saturated heterocycles. The van der Waals surface area contributed by atoms with Crippen molar-refractivity contribution < 1.29 is 0 Å². The van der Waals surface area contributed by atoms with Gasteiger partial charge in [0.15, 0.2) is 0 Å². The average molecular weight is 110 g/mol. The Morgan fingerprint density at radius 2 is 1.88 bits per heavy atom. The van der Waals surface area contributed by atoms with E-state index in [2.05, 4.69) is 6.92 Å². The molecule has 2 aliphatic rings. The van der Waals surface area contributed by atoms with Gasteiger partial charge in [0.25, 0.3) is 0 Å². The summed E-state index contributed by atoms with van der Waals surface area (Å²) in [5, 5.41) is 0. The van der Waals surface area contributed by atoms with Crippen molar-refractivity contribution in [1.82, 2.24) is 0 Å². The van der Waals surface area contributed by atoms with Crippen LogP contribution in [0.2, 0.25) is 0 Å². The van der Waals surface area contributed by atoms with E-state index in [-0.39, 0.29) is 0 Å². The Kier molecular flexibility index (Phi) is 0.778. The van der Waals surface area contributed by atoms with Gasteiger partial charge in [-0.3, -0.25) is 0 Å². The molecule has 2 rings (SSSR count). The molecule has 8 heavy (non-hydrogen) atoms. The van der Waals surface area contributed by atoms with Crippen LogP contribution < -0.4 is 0 Å². The highest BCUT2D eigenvalue weighted by molar-refractivity contribution is 4.95. The van der Waals surface area contributed by atoms with E-state index >= 15 is 0 Å². The zero-order valence-electron chi connectivity index (χ0n) is 5.61. The monoisotopic (exact) mass is 110 g/mol. The molecule has 0 aromatic carbocycles. The molecular weight excluding hydrogens is 96.1 g/mol. The molecule has 0 aromatic heterocycles. The highest BCUT2D eigenvalue weighted by atomic mass is 14.5. The third-order valence-corrected chi connectivity index (χ3v) is 3.06. The van der Waals surface area contributed by atoms with E-state index < -0.39 is 0 Å². The summed E-state index contributed by atoms with van der Waals surface area (Å²) in [6.45, 7) is 2.47. The van der Waals surface area contributed by atoms with Crippen molar-refractivity contribution in [3.8, 4) is 0 Å². The molecule has 0 heteroatoms. The Morgan fingerprint density at radius 3 is 2.00 bits per heavy atom. The molecule has 0 bridgehead atoms. The summed E-state index contributed by atoms with van der Waals surface area (Å²) in [7, 11) is 0. The lowest BCUT2D eigenvalue weighted by Crippen LogP contribution is -2.27. The van der Waals surface area contributed by atoms with Gasteiger partial charge in [0.1, 0.15) is 0 Å². The Bertz CT molecular complexity index is 96.6. The van der Waals surface area contributed by atoms with Crippen molar-refractivity contribution in [1.29, 1.82) is 0 Å². The molecule has 0 amide bonds. The minimum Gasteiger partial charge on any atom is -0.0594 e. The molecule has 0 radical (unpaired) electrons. The van der Waals surface area contributed by atoms with Crippen molar-refractivity contribution in [2.75, 3.05) is 0 Å². The highest BCUT2D eigenvalue weighted by Crippen LogP contribution is 2.56. The van der Waals surface area contributed by atoms with Gasteiger partial charge in [-0.25, -0.2) is 0 Å². The van der Waals surface area contributed by atoms with E-state index in [1.165, 1.54) is 32.1 Å². The summed E-state index contributed by atoms with van der Waals surface area (Å²) in [4.78, 5) is 0. The van der Waals surface area contributed by atoms with Gasteiger partial charge >= 0.3 is 0 Å². The molecule has 0 heterocycles. The van der Waals surface area contributed by atoms with E-state index in [1.54, 1.807) is 0 Å². The van der Waals surface area contributed by atoms with Crippen molar-refractivity contribution in [3.05, 3.63) is 0 Å². The normalized spacial score (nSPS) is 34.1. The van der Waals surface area contributed by atoms with E-state index in [9.17, 15) is 0 Å². The number of hydrogen-bond acceptors (Lipinski definition) is 0. The van der Waals surface area contributed by atoms with Crippen LogP contribution in [0.4, 0.5) is 0 Å². The van der Waals surface area contributed by atoms with Crippen LogP contribution in [0.15, 0.2) is 0 Å². The maximum absolute atomic E-state index is 2.47. The zero-order valence-corrected chi connectivity index (χ0v) is 5.61. The average Bonchev–Trinajstić information content (AvgIpc) is 2.38. The first kappa shape index (κ1) is 4.84. The number of rotatable bonds is 1. The lowest BCUT2D eigenvalue weighted by Gasteiger charge is -2.38. The lowest BCUT2D eigenvalue weighted by molar-refractivity contribution is 0.128. The second kappa shape index (κ2) is 1.29. The molecular formula is C8H14. The molecule has 0 N–H and O–H groups in total. The fourth-order valence-electron chi connectivity index (χ4n) is 1.92. The maximum Gasteiger partial charge on any atom is -0.0298 e. The highest BCUT2D eigenvalue weighted by Gasteiger charge is 2.44. The third-order valence-electron chi connectivity index (χ3n) is 3.06. The molecule has 0 atom stereocenters. The van der Waals surface area contributed by atoms with E-state index in [0.29, 0.717) is 0 Å². The van der Waals surface area contributed by atoms with Gasteiger partial charge in [-0.05, 0) is 37.0 Å². The summed E-state index contributed by atoms with van der Waals surface area (Å²) in [5.74, 6) is 1.15. The summed E-state index contributed by atoms with van der Waals surface area (Å²) in [6, 6.07) is 0. The van der Waals surface area contributed by atoms with Gasteiger partial charge in [0, 0.05) is 0 Å². The van der Waals surface area contributed by atoms with Crippen LogP contribution in [0.5, 0.6) is 0 Å². The van der Waals surface area contributed by atoms with Gasteiger partial charge in [-0.15, -0.1) is 0 Å². The number of hydrogen-bond donors (Lipinski definition) is 0. The topological polar surface area (TPSA) is 0 Å². The van der Waals surface area contributed by atoms with Crippen LogP contribution in [-0.4, -0.2) is 0 Å². The molecule has 2 saturated carbocycles. The van der Waals surface area contributed by atoms with Crippen molar-refractivity contribution in [2.24, 2.45) is 11.3 Å². The minimum atomic E-state index is 0.833. The second-order valence-corrected chi connectivity index (χ2v) is 3.78. The van der Waals surface area contributed by atoms with Crippen LogP contribution in [0.25, 0.3) is 0 Å². The van der Waals surface area contributed by atoms with Crippen LogP contribution in [0.1, 0.15) is 39.0 Å². The van der Waals surface area contributed by atoms with Gasteiger partial charge in [0.2, 0.25) is 0 Å². The van der Waals surface area contributed by atoms with Gasteiger partial charge < -0.3 is 0 Å². The molecule has 0 spiro atoms. The first-order chi connectivity index (χ1) is 3.81. The molecule has 2 fully saturated rings. The van der Waals surface area contributed by atoms with Gasteiger partial charge in [-0.1, -0.05) is 13.3 Å². The minimum absolute atomic E-state index is 0.833. The van der Waals surface area contributed by atoms with Crippen molar-refractivity contribution in [3.63, 3.8) is 0 Å². The Labute approximate surface area is 51.3 Å². The Balaban J connectivity index is 1.99. The summed E-state index contributed by atoms with van der Waals surface area (Å²) < 4.78 is 0.